The van der Waals surface area contributed by atoms with Gasteiger partial charge in [-0.3, -0.25) is 9.79 Å². The molecule has 27 heavy (non-hydrogen) atoms. The molecule has 1 fully saturated rings. The van der Waals surface area contributed by atoms with Crippen molar-refractivity contribution in [3.63, 3.8) is 0 Å². The van der Waals surface area contributed by atoms with Gasteiger partial charge < -0.3 is 20.9 Å². The molecule has 0 radical (unpaired) electrons. The molecule has 7 heteroatoms. The van der Waals surface area contributed by atoms with Gasteiger partial charge >= 0.3 is 0 Å². The van der Waals surface area contributed by atoms with Gasteiger partial charge in [-0.2, -0.15) is 0 Å². The molecule has 3 N–H and O–H groups in total. The molecule has 0 aliphatic carbocycles. The summed E-state index contributed by atoms with van der Waals surface area (Å²) >= 11 is 0. The Morgan fingerprint density at radius 2 is 1.93 bits per heavy atom. The second-order valence-corrected chi connectivity index (χ2v) is 6.75. The zero-order valence-corrected chi connectivity index (χ0v) is 16.3. The van der Waals surface area contributed by atoms with Crippen LogP contribution in [0.3, 0.4) is 0 Å². The van der Waals surface area contributed by atoms with Crippen LogP contribution in [0.25, 0.3) is 0 Å². The first kappa shape index (κ1) is 21.2. The molecule has 1 saturated heterocycles. The van der Waals surface area contributed by atoms with Gasteiger partial charge in [0.15, 0.2) is 5.96 Å². The Morgan fingerprint density at radius 3 is 2.67 bits per heavy atom. The summed E-state index contributed by atoms with van der Waals surface area (Å²) < 4.78 is 13.1. The molecule has 0 spiro atoms. The number of rotatable bonds is 9. The van der Waals surface area contributed by atoms with Crippen molar-refractivity contribution in [1.29, 1.82) is 0 Å². The number of hydrogen-bond donors (Lipinski definition) is 3. The van der Waals surface area contributed by atoms with Crippen LogP contribution in [0.5, 0.6) is 0 Å². The molecule has 0 saturated carbocycles. The number of likely N-dealkylation sites (tertiary alicyclic amines) is 1. The van der Waals surface area contributed by atoms with Crippen LogP contribution in [-0.4, -0.2) is 62.6 Å². The van der Waals surface area contributed by atoms with E-state index in [2.05, 4.69) is 25.8 Å². The van der Waals surface area contributed by atoms with Crippen molar-refractivity contribution in [3.05, 3.63) is 35.6 Å². The van der Waals surface area contributed by atoms with Crippen LogP contribution in [0, 0.1) is 5.82 Å². The SMILES string of the molecule is CCNC(=NCCN1CCCCC1)NCCNC(=O)Cc1cccc(F)c1. The number of benzene rings is 1. The smallest absolute Gasteiger partial charge is 0.224 e. The molecular formula is C20H32FN5O. The molecule has 150 valence electrons. The average molecular weight is 378 g/mol. The van der Waals surface area contributed by atoms with E-state index in [9.17, 15) is 9.18 Å². The third kappa shape index (κ3) is 8.86. The van der Waals surface area contributed by atoms with Crippen molar-refractivity contribution < 1.29 is 9.18 Å². The number of amides is 1. The lowest BCUT2D eigenvalue weighted by Crippen LogP contribution is -2.42. The van der Waals surface area contributed by atoms with E-state index in [4.69, 9.17) is 0 Å². The highest BCUT2D eigenvalue weighted by Crippen LogP contribution is 2.07. The molecule has 1 aromatic rings. The Kier molecular flexibility index (Phi) is 9.62. The lowest BCUT2D eigenvalue weighted by atomic mass is 10.1. The number of guanidine groups is 1. The molecule has 0 aromatic heterocycles. The topological polar surface area (TPSA) is 68.8 Å². The average Bonchev–Trinajstić information content (AvgIpc) is 2.66. The van der Waals surface area contributed by atoms with Crippen LogP contribution in [-0.2, 0) is 11.2 Å². The van der Waals surface area contributed by atoms with Gasteiger partial charge in [-0.25, -0.2) is 4.39 Å². The lowest BCUT2D eigenvalue weighted by molar-refractivity contribution is -0.120. The van der Waals surface area contributed by atoms with Crippen LogP contribution in [0.15, 0.2) is 29.3 Å². The Morgan fingerprint density at radius 1 is 1.15 bits per heavy atom. The number of nitrogens with one attached hydrogen (secondary N) is 3. The Balaban J connectivity index is 1.64. The molecule has 1 aromatic carbocycles. The first-order valence-corrected chi connectivity index (χ1v) is 9.93. The van der Waals surface area contributed by atoms with Gasteiger partial charge in [0, 0.05) is 26.2 Å². The van der Waals surface area contributed by atoms with E-state index < -0.39 is 0 Å². The fraction of sp³-hybridized carbons (Fsp3) is 0.600. The van der Waals surface area contributed by atoms with Gasteiger partial charge in [-0.1, -0.05) is 18.6 Å². The van der Waals surface area contributed by atoms with E-state index in [1.165, 1.54) is 44.5 Å². The molecular weight excluding hydrogens is 345 g/mol. The number of aliphatic imine (C=N–C) groups is 1. The van der Waals surface area contributed by atoms with Crippen molar-refractivity contribution in [2.75, 3.05) is 45.8 Å². The summed E-state index contributed by atoms with van der Waals surface area (Å²) in [6, 6.07) is 6.12. The summed E-state index contributed by atoms with van der Waals surface area (Å²) in [6.45, 7) is 8.01. The molecule has 1 heterocycles. The number of hydrogen-bond acceptors (Lipinski definition) is 3. The minimum Gasteiger partial charge on any atom is -0.357 e. The maximum atomic E-state index is 13.1. The molecule has 1 aliphatic rings. The second-order valence-electron chi connectivity index (χ2n) is 6.75. The van der Waals surface area contributed by atoms with Gasteiger partial charge in [-0.15, -0.1) is 0 Å². The van der Waals surface area contributed by atoms with Crippen LogP contribution in [0.1, 0.15) is 31.7 Å². The Hall–Kier alpha value is -2.15. The summed E-state index contributed by atoms with van der Waals surface area (Å²) in [5, 5.41) is 9.29. The van der Waals surface area contributed by atoms with Crippen LogP contribution < -0.4 is 16.0 Å². The zero-order valence-electron chi connectivity index (χ0n) is 16.3. The maximum absolute atomic E-state index is 13.1. The highest BCUT2D eigenvalue weighted by atomic mass is 19.1. The Bertz CT molecular complexity index is 602. The van der Waals surface area contributed by atoms with Crippen LogP contribution >= 0.6 is 0 Å². The van der Waals surface area contributed by atoms with Gasteiger partial charge in [0.2, 0.25) is 5.91 Å². The van der Waals surface area contributed by atoms with Gasteiger partial charge in [0.05, 0.1) is 13.0 Å². The summed E-state index contributed by atoms with van der Waals surface area (Å²) in [6.07, 6.45) is 4.10. The number of nitrogens with zero attached hydrogens (tertiary/aromatic N) is 2. The van der Waals surface area contributed by atoms with Gasteiger partial charge in [0.25, 0.3) is 0 Å². The van der Waals surface area contributed by atoms with Gasteiger partial charge in [-0.05, 0) is 50.6 Å². The fourth-order valence-corrected chi connectivity index (χ4v) is 3.11. The molecule has 2 rings (SSSR count). The summed E-state index contributed by atoms with van der Waals surface area (Å²) in [5.41, 5.74) is 0.674. The molecule has 0 unspecified atom stereocenters. The monoisotopic (exact) mass is 377 g/mol. The maximum Gasteiger partial charge on any atom is 0.224 e. The van der Waals surface area contributed by atoms with E-state index >= 15 is 0 Å². The number of piperidine rings is 1. The highest BCUT2D eigenvalue weighted by Gasteiger charge is 2.09. The molecule has 1 amide bonds. The zero-order chi connectivity index (χ0) is 19.3. The van der Waals surface area contributed by atoms with Crippen molar-refractivity contribution in [2.24, 2.45) is 4.99 Å². The minimum absolute atomic E-state index is 0.116. The van der Waals surface area contributed by atoms with Crippen LogP contribution in [0.4, 0.5) is 4.39 Å². The van der Waals surface area contributed by atoms with Crippen molar-refractivity contribution in [1.82, 2.24) is 20.9 Å². The van der Waals surface area contributed by atoms with E-state index in [1.807, 2.05) is 6.92 Å². The first-order chi connectivity index (χ1) is 13.2. The highest BCUT2D eigenvalue weighted by molar-refractivity contribution is 5.80. The standard InChI is InChI=1S/C20H32FN5O/c1-2-22-20(25-11-14-26-12-4-3-5-13-26)24-10-9-23-19(27)16-17-7-6-8-18(21)15-17/h6-8,15H,2-5,9-14,16H2,1H3,(H,23,27)(H2,22,24,25). The summed E-state index contributed by atoms with van der Waals surface area (Å²) in [4.78, 5) is 19.0. The lowest BCUT2D eigenvalue weighted by Gasteiger charge is -2.25. The first-order valence-electron chi connectivity index (χ1n) is 9.93. The fourth-order valence-electron chi connectivity index (χ4n) is 3.11. The van der Waals surface area contributed by atoms with E-state index in [0.717, 1.165) is 25.6 Å². The third-order valence-electron chi connectivity index (χ3n) is 4.47. The van der Waals surface area contributed by atoms with Crippen LogP contribution in [0.2, 0.25) is 0 Å². The third-order valence-corrected chi connectivity index (χ3v) is 4.47. The molecule has 6 nitrogen and oxygen atoms in total. The Labute approximate surface area is 161 Å². The number of carbonyl (C=O) groups excluding carboxylic acids is 1. The van der Waals surface area contributed by atoms with Crippen molar-refractivity contribution >= 4 is 11.9 Å². The van der Waals surface area contributed by atoms with E-state index in [1.54, 1.807) is 12.1 Å². The summed E-state index contributed by atoms with van der Waals surface area (Å²) in [5.74, 6) is 0.335. The van der Waals surface area contributed by atoms with E-state index in [-0.39, 0.29) is 18.1 Å². The normalized spacial score (nSPS) is 15.4. The van der Waals surface area contributed by atoms with E-state index in [0.29, 0.717) is 18.7 Å². The second kappa shape index (κ2) is 12.3. The minimum atomic E-state index is -0.321. The molecule has 0 atom stereocenters. The predicted molar refractivity (Wildman–Crippen MR) is 107 cm³/mol. The van der Waals surface area contributed by atoms with Gasteiger partial charge in [0.1, 0.15) is 5.82 Å². The quantitative estimate of drug-likeness (QED) is 0.347. The predicted octanol–water partition coefficient (Wildman–Crippen LogP) is 1.53. The van der Waals surface area contributed by atoms with Crippen molar-refractivity contribution in [3.8, 4) is 0 Å². The summed E-state index contributed by atoms with van der Waals surface area (Å²) in [7, 11) is 0. The largest absolute Gasteiger partial charge is 0.357 e. The van der Waals surface area contributed by atoms with Crippen molar-refractivity contribution in [2.45, 2.75) is 32.6 Å². The molecule has 1 aliphatic heterocycles. The number of halogens is 1. The number of carbonyl (C=O) groups is 1. The molecule has 0 bridgehead atoms.